The molecule has 0 atom stereocenters. The van der Waals surface area contributed by atoms with Crippen LogP contribution in [-0.4, -0.2) is 38.1 Å². The van der Waals surface area contributed by atoms with E-state index in [1.54, 1.807) is 24.3 Å². The molecular formula is C19H16O8. The number of carbonyl (C=O) groups is 4. The van der Waals surface area contributed by atoms with Gasteiger partial charge in [-0.2, -0.15) is 0 Å². The highest BCUT2D eigenvalue weighted by Gasteiger charge is 2.20. The van der Waals surface area contributed by atoms with Crippen LogP contribution in [0.2, 0.25) is 0 Å². The van der Waals surface area contributed by atoms with Gasteiger partial charge in [-0.05, 0) is 24.3 Å². The van der Waals surface area contributed by atoms with Crippen LogP contribution in [-0.2, 0) is 19.1 Å². The fourth-order valence-electron chi connectivity index (χ4n) is 2.10. The van der Waals surface area contributed by atoms with Crippen LogP contribution in [0.4, 0.5) is 0 Å². The van der Waals surface area contributed by atoms with Gasteiger partial charge in [0.25, 0.3) is 0 Å². The Kier molecular flexibility index (Phi) is 6.65. The van der Waals surface area contributed by atoms with Crippen LogP contribution < -0.4 is 9.47 Å². The number of methoxy groups -OCH3 is 2. The number of hydrogen-bond donors (Lipinski definition) is 0. The molecule has 8 nitrogen and oxygen atoms in total. The van der Waals surface area contributed by atoms with E-state index >= 15 is 0 Å². The zero-order chi connectivity index (χ0) is 19.8. The number of benzene rings is 2. The Bertz CT molecular complexity index is 800. The fourth-order valence-corrected chi connectivity index (χ4v) is 2.10. The molecule has 0 bridgehead atoms. The standard InChI is InChI=1S/C19H16O8/c1-24-18(22)12-7-3-5-9-14(12)26-16(20)11-17(21)27-15-10-6-4-8-13(15)19(23)25-2/h3-10H,11H2,1-2H3. The van der Waals surface area contributed by atoms with E-state index in [1.165, 1.54) is 38.5 Å². The van der Waals surface area contributed by atoms with Gasteiger partial charge in [0.15, 0.2) is 0 Å². The molecule has 0 fully saturated rings. The number of rotatable bonds is 6. The van der Waals surface area contributed by atoms with Crippen molar-refractivity contribution in [3.8, 4) is 11.5 Å². The van der Waals surface area contributed by atoms with Gasteiger partial charge in [0.1, 0.15) is 29.0 Å². The Morgan fingerprint density at radius 3 is 1.41 bits per heavy atom. The maximum absolute atomic E-state index is 12.0. The molecule has 0 saturated carbocycles. The fraction of sp³-hybridized carbons (Fsp3) is 0.158. The van der Waals surface area contributed by atoms with E-state index in [9.17, 15) is 19.2 Å². The predicted octanol–water partition coefficient (Wildman–Crippen LogP) is 2.16. The maximum Gasteiger partial charge on any atom is 0.341 e. The van der Waals surface area contributed by atoms with Gasteiger partial charge in [-0.15, -0.1) is 0 Å². The van der Waals surface area contributed by atoms with Crippen LogP contribution in [0.3, 0.4) is 0 Å². The van der Waals surface area contributed by atoms with Gasteiger partial charge in [-0.3, -0.25) is 9.59 Å². The van der Waals surface area contributed by atoms with Crippen molar-refractivity contribution < 1.29 is 38.1 Å². The van der Waals surface area contributed by atoms with Gasteiger partial charge in [0.05, 0.1) is 14.2 Å². The third-order valence-corrected chi connectivity index (χ3v) is 3.32. The minimum absolute atomic E-state index is 0.0396. The third-order valence-electron chi connectivity index (χ3n) is 3.32. The summed E-state index contributed by atoms with van der Waals surface area (Å²) in [6.45, 7) is 0. The molecule has 0 aliphatic heterocycles. The first-order valence-electron chi connectivity index (χ1n) is 7.72. The first-order valence-corrected chi connectivity index (χ1v) is 7.72. The Hall–Kier alpha value is -3.68. The first-order chi connectivity index (χ1) is 13.0. The average Bonchev–Trinajstić information content (AvgIpc) is 2.67. The lowest BCUT2D eigenvalue weighted by Crippen LogP contribution is -2.20. The quantitative estimate of drug-likeness (QED) is 0.431. The lowest BCUT2D eigenvalue weighted by molar-refractivity contribution is -0.144. The van der Waals surface area contributed by atoms with Crippen molar-refractivity contribution in [1.82, 2.24) is 0 Å². The zero-order valence-electron chi connectivity index (χ0n) is 14.6. The maximum atomic E-state index is 12.0. The third kappa shape index (κ3) is 5.15. The second-order valence-corrected chi connectivity index (χ2v) is 5.10. The van der Waals surface area contributed by atoms with Crippen molar-refractivity contribution in [1.29, 1.82) is 0 Å². The Morgan fingerprint density at radius 1 is 0.667 bits per heavy atom. The zero-order valence-corrected chi connectivity index (χ0v) is 14.6. The van der Waals surface area contributed by atoms with E-state index in [0.717, 1.165) is 0 Å². The lowest BCUT2D eigenvalue weighted by Gasteiger charge is -2.10. The van der Waals surface area contributed by atoms with E-state index in [4.69, 9.17) is 9.47 Å². The van der Waals surface area contributed by atoms with Crippen LogP contribution in [0.25, 0.3) is 0 Å². The largest absolute Gasteiger partial charge is 0.465 e. The Labute approximate surface area is 154 Å². The molecule has 0 aliphatic carbocycles. The summed E-state index contributed by atoms with van der Waals surface area (Å²) < 4.78 is 19.3. The summed E-state index contributed by atoms with van der Waals surface area (Å²) in [7, 11) is 2.38. The molecule has 2 aromatic rings. The minimum atomic E-state index is -0.938. The molecule has 0 N–H and O–H groups in total. The summed E-state index contributed by atoms with van der Waals surface area (Å²) in [6.07, 6.45) is -0.731. The summed E-state index contributed by atoms with van der Waals surface area (Å²) in [5.74, 6) is -3.34. The summed E-state index contributed by atoms with van der Waals surface area (Å²) in [5, 5.41) is 0. The van der Waals surface area contributed by atoms with Crippen molar-refractivity contribution >= 4 is 23.9 Å². The van der Waals surface area contributed by atoms with Crippen LogP contribution >= 0.6 is 0 Å². The SMILES string of the molecule is COC(=O)c1ccccc1OC(=O)CC(=O)Oc1ccccc1C(=O)OC. The van der Waals surface area contributed by atoms with Crippen molar-refractivity contribution in [2.75, 3.05) is 14.2 Å². The normalized spacial score (nSPS) is 9.85. The highest BCUT2D eigenvalue weighted by Crippen LogP contribution is 2.21. The van der Waals surface area contributed by atoms with Gasteiger partial charge in [0, 0.05) is 0 Å². The number of esters is 4. The predicted molar refractivity (Wildman–Crippen MR) is 91.5 cm³/mol. The van der Waals surface area contributed by atoms with Crippen LogP contribution in [0.15, 0.2) is 48.5 Å². The lowest BCUT2D eigenvalue weighted by atomic mass is 10.2. The molecule has 0 heterocycles. The van der Waals surface area contributed by atoms with Crippen LogP contribution in [0, 0.1) is 0 Å². The Morgan fingerprint density at radius 2 is 1.04 bits per heavy atom. The van der Waals surface area contributed by atoms with Crippen LogP contribution in [0.5, 0.6) is 11.5 Å². The highest BCUT2D eigenvalue weighted by atomic mass is 16.6. The number of carbonyl (C=O) groups excluding carboxylic acids is 4. The van der Waals surface area contributed by atoms with E-state index in [1.807, 2.05) is 0 Å². The van der Waals surface area contributed by atoms with Gasteiger partial charge < -0.3 is 18.9 Å². The first kappa shape index (κ1) is 19.6. The molecule has 140 valence electrons. The molecule has 2 aromatic carbocycles. The van der Waals surface area contributed by atoms with Gasteiger partial charge in [0.2, 0.25) is 0 Å². The average molecular weight is 372 g/mol. The molecule has 0 spiro atoms. The minimum Gasteiger partial charge on any atom is -0.465 e. The van der Waals surface area contributed by atoms with Crippen LogP contribution in [0.1, 0.15) is 27.1 Å². The van der Waals surface area contributed by atoms with Crippen molar-refractivity contribution in [2.24, 2.45) is 0 Å². The highest BCUT2D eigenvalue weighted by molar-refractivity contribution is 5.97. The topological polar surface area (TPSA) is 105 Å². The molecular weight excluding hydrogens is 356 g/mol. The summed E-state index contributed by atoms with van der Waals surface area (Å²) in [6, 6.07) is 11.9. The van der Waals surface area contributed by atoms with Gasteiger partial charge >= 0.3 is 23.9 Å². The second-order valence-electron chi connectivity index (χ2n) is 5.10. The van der Waals surface area contributed by atoms with Crippen molar-refractivity contribution in [3.05, 3.63) is 59.7 Å². The van der Waals surface area contributed by atoms with Crippen molar-refractivity contribution in [2.45, 2.75) is 6.42 Å². The molecule has 0 aromatic heterocycles. The molecule has 0 radical (unpaired) electrons. The number of ether oxygens (including phenoxy) is 4. The molecule has 0 unspecified atom stereocenters. The van der Waals surface area contributed by atoms with Gasteiger partial charge in [-0.25, -0.2) is 9.59 Å². The summed E-state index contributed by atoms with van der Waals surface area (Å²) in [5.41, 5.74) is 0.0792. The van der Waals surface area contributed by atoms with Crippen molar-refractivity contribution in [3.63, 3.8) is 0 Å². The Balaban J connectivity index is 2.05. The molecule has 0 aliphatic rings. The molecule has 27 heavy (non-hydrogen) atoms. The monoisotopic (exact) mass is 372 g/mol. The summed E-state index contributed by atoms with van der Waals surface area (Å²) >= 11 is 0. The van der Waals surface area contributed by atoms with E-state index < -0.39 is 30.3 Å². The molecule has 8 heteroatoms. The second kappa shape index (κ2) is 9.14. The van der Waals surface area contributed by atoms with E-state index in [2.05, 4.69) is 9.47 Å². The summed E-state index contributed by atoms with van der Waals surface area (Å²) in [4.78, 5) is 47.3. The molecule has 0 amide bonds. The van der Waals surface area contributed by atoms with E-state index in [0.29, 0.717) is 0 Å². The van der Waals surface area contributed by atoms with E-state index in [-0.39, 0.29) is 22.6 Å². The molecule has 0 saturated heterocycles. The molecule has 2 rings (SSSR count). The smallest absolute Gasteiger partial charge is 0.341 e. The van der Waals surface area contributed by atoms with Gasteiger partial charge in [-0.1, -0.05) is 24.3 Å². The number of hydrogen-bond acceptors (Lipinski definition) is 8. The number of para-hydroxylation sites is 2.